The van der Waals surface area contributed by atoms with E-state index in [9.17, 15) is 13.5 Å². The monoisotopic (exact) mass is 576 g/mol. The van der Waals surface area contributed by atoms with Gasteiger partial charge in [0, 0.05) is 19.6 Å². The summed E-state index contributed by atoms with van der Waals surface area (Å²) in [7, 11) is -3.55. The normalized spacial score (nSPS) is 17.3. The molecule has 2 aromatic rings. The Morgan fingerprint density at radius 1 is 1.16 bits per heavy atom. The Morgan fingerprint density at radius 3 is 2.53 bits per heavy atom. The molecule has 1 saturated heterocycles. The van der Waals surface area contributed by atoms with Crippen molar-refractivity contribution in [3.05, 3.63) is 54.0 Å². The van der Waals surface area contributed by atoms with Crippen LogP contribution in [0, 0.1) is 0 Å². The molecule has 32 heavy (non-hydrogen) atoms. The molecule has 1 fully saturated rings. The molecule has 0 spiro atoms. The number of sulfonamides is 1. The van der Waals surface area contributed by atoms with E-state index in [1.165, 1.54) is 6.26 Å². The molecule has 1 aromatic carbocycles. The van der Waals surface area contributed by atoms with Gasteiger partial charge in [0.25, 0.3) is 0 Å². The largest absolute Gasteiger partial charge is 0.466 e. The van der Waals surface area contributed by atoms with Crippen molar-refractivity contribution >= 4 is 40.0 Å². The van der Waals surface area contributed by atoms with Crippen LogP contribution in [0.2, 0.25) is 0 Å². The highest BCUT2D eigenvalue weighted by Crippen LogP contribution is 2.24. The first kappa shape index (κ1) is 26.6. The van der Waals surface area contributed by atoms with E-state index in [0.717, 1.165) is 19.3 Å². The minimum absolute atomic E-state index is 0. The van der Waals surface area contributed by atoms with Gasteiger partial charge in [-0.15, -0.1) is 24.0 Å². The number of guanidine groups is 1. The van der Waals surface area contributed by atoms with Gasteiger partial charge in [-0.1, -0.05) is 24.6 Å². The molecule has 3 rings (SSSR count). The average Bonchev–Trinajstić information content (AvgIpc) is 3.33. The van der Waals surface area contributed by atoms with E-state index in [0.29, 0.717) is 41.8 Å². The van der Waals surface area contributed by atoms with Crippen molar-refractivity contribution in [2.45, 2.75) is 50.2 Å². The SMILES string of the molecule is CCNC(=NCc1ccccc1S(=O)(=O)N1CCCCC1)NCC(C)(O)c1ccco1.I. The molecule has 0 saturated carbocycles. The summed E-state index contributed by atoms with van der Waals surface area (Å²) in [6.45, 7) is 5.72. The molecule has 178 valence electrons. The standard InChI is InChI=1S/C22H32N4O4S.HI/c1-3-23-21(25-17-22(2,27)20-12-9-15-30-20)24-16-18-10-5-6-11-19(18)31(28,29)26-13-7-4-8-14-26;/h5-6,9-12,15,27H,3-4,7-8,13-14,16-17H2,1-2H3,(H2,23,24,25);1H. The van der Waals surface area contributed by atoms with Crippen LogP contribution >= 0.6 is 24.0 Å². The van der Waals surface area contributed by atoms with Crippen molar-refractivity contribution < 1.29 is 17.9 Å². The lowest BCUT2D eigenvalue weighted by Gasteiger charge is -2.26. The maximum atomic E-state index is 13.2. The molecular formula is C22H33IN4O4S. The van der Waals surface area contributed by atoms with Gasteiger partial charge in [-0.05, 0) is 50.5 Å². The zero-order chi connectivity index (χ0) is 22.3. The minimum atomic E-state index is -3.55. The van der Waals surface area contributed by atoms with Crippen molar-refractivity contribution in [3.63, 3.8) is 0 Å². The summed E-state index contributed by atoms with van der Waals surface area (Å²) >= 11 is 0. The van der Waals surface area contributed by atoms with Crippen molar-refractivity contribution in [1.29, 1.82) is 0 Å². The van der Waals surface area contributed by atoms with Crippen molar-refractivity contribution in [2.75, 3.05) is 26.2 Å². The summed E-state index contributed by atoms with van der Waals surface area (Å²) in [5.74, 6) is 0.938. The fraction of sp³-hybridized carbons (Fsp3) is 0.500. The highest BCUT2D eigenvalue weighted by molar-refractivity contribution is 14.0. The number of nitrogens with zero attached hydrogens (tertiary/aromatic N) is 2. The Hall–Kier alpha value is -1.63. The second-order valence-corrected chi connectivity index (χ2v) is 9.78. The van der Waals surface area contributed by atoms with Crippen molar-refractivity contribution in [3.8, 4) is 0 Å². The predicted molar refractivity (Wildman–Crippen MR) is 136 cm³/mol. The highest BCUT2D eigenvalue weighted by Gasteiger charge is 2.28. The van der Waals surface area contributed by atoms with Crippen LogP contribution in [0.25, 0.3) is 0 Å². The maximum Gasteiger partial charge on any atom is 0.243 e. The molecule has 3 N–H and O–H groups in total. The lowest BCUT2D eigenvalue weighted by molar-refractivity contribution is 0.0386. The molecule has 10 heteroatoms. The zero-order valence-electron chi connectivity index (χ0n) is 18.6. The summed E-state index contributed by atoms with van der Waals surface area (Å²) in [5, 5.41) is 16.9. The summed E-state index contributed by atoms with van der Waals surface area (Å²) < 4.78 is 33.2. The Labute approximate surface area is 207 Å². The number of aliphatic hydroxyl groups is 1. The van der Waals surface area contributed by atoms with E-state index in [1.807, 2.05) is 13.0 Å². The molecule has 0 bridgehead atoms. The highest BCUT2D eigenvalue weighted by atomic mass is 127. The lowest BCUT2D eigenvalue weighted by Crippen LogP contribution is -2.44. The second kappa shape index (κ2) is 12.0. The Morgan fingerprint density at radius 2 is 1.88 bits per heavy atom. The Kier molecular flexibility index (Phi) is 9.99. The van der Waals surface area contributed by atoms with Gasteiger partial charge in [0.1, 0.15) is 11.4 Å². The number of hydrogen-bond donors (Lipinski definition) is 3. The molecule has 2 heterocycles. The molecule has 0 radical (unpaired) electrons. The Bertz CT molecular complexity index is 972. The van der Waals surface area contributed by atoms with Gasteiger partial charge in [-0.25, -0.2) is 13.4 Å². The van der Waals surface area contributed by atoms with Gasteiger partial charge >= 0.3 is 0 Å². The maximum absolute atomic E-state index is 13.2. The topological polar surface area (TPSA) is 107 Å². The number of furan rings is 1. The summed E-state index contributed by atoms with van der Waals surface area (Å²) in [4.78, 5) is 4.86. The van der Waals surface area contributed by atoms with Gasteiger partial charge in [0.05, 0.1) is 24.2 Å². The number of nitrogens with one attached hydrogen (secondary N) is 2. The smallest absolute Gasteiger partial charge is 0.243 e. The first-order valence-electron chi connectivity index (χ1n) is 10.7. The first-order valence-corrected chi connectivity index (χ1v) is 12.1. The number of aliphatic imine (C=N–C) groups is 1. The van der Waals surface area contributed by atoms with Crippen LogP contribution < -0.4 is 10.6 Å². The number of halogens is 1. The van der Waals surface area contributed by atoms with E-state index < -0.39 is 15.6 Å². The molecule has 0 amide bonds. The van der Waals surface area contributed by atoms with Crippen LogP contribution in [0.15, 0.2) is 57.0 Å². The molecule has 1 aliphatic rings. The van der Waals surface area contributed by atoms with Gasteiger partial charge in [-0.3, -0.25) is 0 Å². The van der Waals surface area contributed by atoms with Gasteiger partial charge in [0.2, 0.25) is 10.0 Å². The van der Waals surface area contributed by atoms with E-state index in [-0.39, 0.29) is 37.1 Å². The van der Waals surface area contributed by atoms with Crippen LogP contribution in [-0.2, 0) is 22.2 Å². The number of benzene rings is 1. The van der Waals surface area contributed by atoms with Crippen LogP contribution in [0.1, 0.15) is 44.4 Å². The van der Waals surface area contributed by atoms with Crippen LogP contribution in [-0.4, -0.2) is 50.0 Å². The summed E-state index contributed by atoms with van der Waals surface area (Å²) in [6.07, 6.45) is 4.37. The fourth-order valence-electron chi connectivity index (χ4n) is 3.56. The van der Waals surface area contributed by atoms with Crippen molar-refractivity contribution in [1.82, 2.24) is 14.9 Å². The van der Waals surface area contributed by atoms with E-state index in [2.05, 4.69) is 15.6 Å². The molecular weight excluding hydrogens is 543 g/mol. The Balaban J connectivity index is 0.00000363. The second-order valence-electron chi connectivity index (χ2n) is 7.87. The molecule has 0 aliphatic carbocycles. The van der Waals surface area contributed by atoms with Crippen LogP contribution in [0.4, 0.5) is 0 Å². The number of rotatable bonds is 8. The third-order valence-electron chi connectivity index (χ3n) is 5.31. The average molecular weight is 577 g/mol. The fourth-order valence-corrected chi connectivity index (χ4v) is 5.30. The predicted octanol–water partition coefficient (Wildman–Crippen LogP) is 3.04. The lowest BCUT2D eigenvalue weighted by atomic mass is 10.0. The molecule has 1 atom stereocenters. The van der Waals surface area contributed by atoms with Crippen LogP contribution in [0.3, 0.4) is 0 Å². The number of hydrogen-bond acceptors (Lipinski definition) is 5. The van der Waals surface area contributed by atoms with E-state index in [1.54, 1.807) is 41.6 Å². The van der Waals surface area contributed by atoms with E-state index >= 15 is 0 Å². The molecule has 1 unspecified atom stereocenters. The van der Waals surface area contributed by atoms with Crippen molar-refractivity contribution in [2.24, 2.45) is 4.99 Å². The molecule has 1 aromatic heterocycles. The third kappa shape index (κ3) is 6.69. The van der Waals surface area contributed by atoms with Gasteiger partial charge in [0.15, 0.2) is 5.96 Å². The summed E-state index contributed by atoms with van der Waals surface area (Å²) in [5.41, 5.74) is -0.571. The van der Waals surface area contributed by atoms with Gasteiger partial charge in [-0.2, -0.15) is 4.31 Å². The van der Waals surface area contributed by atoms with Gasteiger partial charge < -0.3 is 20.2 Å². The third-order valence-corrected chi connectivity index (χ3v) is 7.31. The molecule has 8 nitrogen and oxygen atoms in total. The molecule has 1 aliphatic heterocycles. The zero-order valence-corrected chi connectivity index (χ0v) is 21.7. The minimum Gasteiger partial charge on any atom is -0.466 e. The quantitative estimate of drug-likeness (QED) is 0.254. The first-order chi connectivity index (χ1) is 14.8. The summed E-state index contributed by atoms with van der Waals surface area (Å²) in [6, 6.07) is 10.5. The van der Waals surface area contributed by atoms with Crippen LogP contribution in [0.5, 0.6) is 0 Å². The van der Waals surface area contributed by atoms with E-state index in [4.69, 9.17) is 4.42 Å². The number of piperidine rings is 1.